The van der Waals surface area contributed by atoms with Gasteiger partial charge in [-0.15, -0.1) is 0 Å². The number of hydrogen-bond donors (Lipinski definition) is 1. The normalized spacial score (nSPS) is 23.6. The quantitative estimate of drug-likeness (QED) is 0.714. The molecule has 0 spiro atoms. The summed E-state index contributed by atoms with van der Waals surface area (Å²) < 4.78 is 10.8. The number of hydrogen-bond acceptors (Lipinski definition) is 6. The average Bonchev–Trinajstić information content (AvgIpc) is 3.24. The molecule has 3 atom stereocenters. The lowest BCUT2D eigenvalue weighted by atomic mass is 9.97. The van der Waals surface area contributed by atoms with E-state index in [1.54, 1.807) is 7.11 Å². The molecule has 2 aliphatic heterocycles. The van der Waals surface area contributed by atoms with Gasteiger partial charge in [0.1, 0.15) is 11.4 Å². The Labute approximate surface area is 175 Å². The lowest BCUT2D eigenvalue weighted by Gasteiger charge is -2.36. The van der Waals surface area contributed by atoms with E-state index in [1.807, 2.05) is 37.3 Å². The zero-order valence-corrected chi connectivity index (χ0v) is 17.5. The van der Waals surface area contributed by atoms with E-state index in [2.05, 4.69) is 27.4 Å². The molecule has 2 bridgehead atoms. The molecule has 2 aromatic heterocycles. The van der Waals surface area contributed by atoms with E-state index in [-0.39, 0.29) is 11.9 Å². The maximum absolute atomic E-state index is 13.4. The number of ether oxygens (including phenoxy) is 1. The number of fused-ring (bicyclic) bond motifs is 3. The molecular weight excluding hydrogens is 380 g/mol. The van der Waals surface area contributed by atoms with Crippen molar-refractivity contribution in [3.05, 3.63) is 41.6 Å². The monoisotopic (exact) mass is 406 g/mol. The SMILES string of the molecule is COc1cccc(-c2noc3nc(C)cc(C(=O)NC4C[C@H]5CC[C@@H](C4)N5C)c23)c1. The van der Waals surface area contributed by atoms with Crippen LogP contribution in [-0.2, 0) is 0 Å². The summed E-state index contributed by atoms with van der Waals surface area (Å²) in [4.78, 5) is 20.3. The number of rotatable bonds is 4. The summed E-state index contributed by atoms with van der Waals surface area (Å²) in [6, 6.07) is 10.7. The van der Waals surface area contributed by atoms with Crippen LogP contribution in [0.2, 0.25) is 0 Å². The molecule has 3 aromatic rings. The summed E-state index contributed by atoms with van der Waals surface area (Å²) >= 11 is 0. The van der Waals surface area contributed by atoms with Gasteiger partial charge in [0.2, 0.25) is 0 Å². The van der Waals surface area contributed by atoms with E-state index in [0.717, 1.165) is 29.8 Å². The maximum atomic E-state index is 13.4. The highest BCUT2D eigenvalue weighted by molar-refractivity contribution is 6.09. The van der Waals surface area contributed by atoms with Gasteiger partial charge in [-0.2, -0.15) is 0 Å². The Hall–Kier alpha value is -2.93. The van der Waals surface area contributed by atoms with E-state index in [4.69, 9.17) is 9.26 Å². The molecule has 2 aliphatic rings. The lowest BCUT2D eigenvalue weighted by Crippen LogP contribution is -2.48. The molecule has 0 aliphatic carbocycles. The van der Waals surface area contributed by atoms with Gasteiger partial charge in [-0.05, 0) is 57.9 Å². The molecule has 1 unspecified atom stereocenters. The number of benzene rings is 1. The lowest BCUT2D eigenvalue weighted by molar-refractivity contribution is 0.0884. The van der Waals surface area contributed by atoms with Gasteiger partial charge in [0.05, 0.1) is 18.1 Å². The van der Waals surface area contributed by atoms with Crippen molar-refractivity contribution in [1.29, 1.82) is 0 Å². The highest BCUT2D eigenvalue weighted by Crippen LogP contribution is 2.35. The van der Waals surface area contributed by atoms with Crippen LogP contribution < -0.4 is 10.1 Å². The van der Waals surface area contributed by atoms with Crippen LogP contribution in [0.1, 0.15) is 41.7 Å². The zero-order valence-electron chi connectivity index (χ0n) is 17.5. The molecule has 7 nitrogen and oxygen atoms in total. The standard InChI is InChI=1S/C23H26N4O3/c1-13-9-19(22(28)25-15-11-16-7-8-17(12-15)27(16)2)20-21(26-30-23(20)24-13)14-5-4-6-18(10-14)29-3/h4-6,9-10,15-17H,7-8,11-12H2,1-3H3,(H,25,28)/t15?,16-,17+. The first-order valence-electron chi connectivity index (χ1n) is 10.5. The third kappa shape index (κ3) is 3.23. The van der Waals surface area contributed by atoms with Gasteiger partial charge < -0.3 is 19.5 Å². The first-order chi connectivity index (χ1) is 14.5. The molecule has 5 rings (SSSR count). The molecule has 7 heteroatoms. The number of carbonyl (C=O) groups excluding carboxylic acids is 1. The number of nitrogens with zero attached hydrogens (tertiary/aromatic N) is 3. The van der Waals surface area contributed by atoms with Gasteiger partial charge in [0.15, 0.2) is 0 Å². The Morgan fingerprint density at radius 3 is 2.73 bits per heavy atom. The fraction of sp³-hybridized carbons (Fsp3) is 0.435. The van der Waals surface area contributed by atoms with Crippen molar-refractivity contribution >= 4 is 17.0 Å². The van der Waals surface area contributed by atoms with Crippen molar-refractivity contribution in [1.82, 2.24) is 20.4 Å². The molecular formula is C23H26N4O3. The van der Waals surface area contributed by atoms with Gasteiger partial charge in [0, 0.05) is 29.4 Å². The van der Waals surface area contributed by atoms with Gasteiger partial charge >= 0.3 is 0 Å². The fourth-order valence-electron chi connectivity index (χ4n) is 5.01. The summed E-state index contributed by atoms with van der Waals surface area (Å²) in [5.74, 6) is 0.628. The fourth-order valence-corrected chi connectivity index (χ4v) is 5.01. The first-order valence-corrected chi connectivity index (χ1v) is 10.5. The van der Waals surface area contributed by atoms with Crippen LogP contribution in [0, 0.1) is 6.92 Å². The van der Waals surface area contributed by atoms with Crippen molar-refractivity contribution in [2.75, 3.05) is 14.2 Å². The number of methoxy groups -OCH3 is 1. The topological polar surface area (TPSA) is 80.5 Å². The number of aromatic nitrogens is 2. The Kier molecular flexibility index (Phi) is 4.70. The maximum Gasteiger partial charge on any atom is 0.259 e. The van der Waals surface area contributed by atoms with Crippen LogP contribution in [-0.4, -0.2) is 53.2 Å². The molecule has 2 fully saturated rings. The van der Waals surface area contributed by atoms with E-state index >= 15 is 0 Å². The second-order valence-corrected chi connectivity index (χ2v) is 8.45. The second kappa shape index (κ2) is 7.40. The molecule has 4 heterocycles. The third-order valence-corrected chi connectivity index (χ3v) is 6.60. The van der Waals surface area contributed by atoms with E-state index in [1.165, 1.54) is 12.8 Å². The summed E-state index contributed by atoms with van der Waals surface area (Å²) in [5, 5.41) is 8.16. The van der Waals surface area contributed by atoms with Crippen LogP contribution in [0.25, 0.3) is 22.4 Å². The molecule has 2 saturated heterocycles. The molecule has 1 aromatic carbocycles. The van der Waals surface area contributed by atoms with Crippen LogP contribution in [0.4, 0.5) is 0 Å². The average molecular weight is 406 g/mol. The highest BCUT2D eigenvalue weighted by Gasteiger charge is 2.39. The third-order valence-electron chi connectivity index (χ3n) is 6.60. The summed E-state index contributed by atoms with van der Waals surface area (Å²) in [6.07, 6.45) is 4.44. The molecule has 0 saturated carbocycles. The summed E-state index contributed by atoms with van der Waals surface area (Å²) in [7, 11) is 3.83. The minimum absolute atomic E-state index is 0.0909. The highest BCUT2D eigenvalue weighted by atomic mass is 16.5. The van der Waals surface area contributed by atoms with Crippen LogP contribution >= 0.6 is 0 Å². The molecule has 30 heavy (non-hydrogen) atoms. The largest absolute Gasteiger partial charge is 0.497 e. The predicted molar refractivity (Wildman–Crippen MR) is 114 cm³/mol. The Morgan fingerprint density at radius 2 is 2.00 bits per heavy atom. The minimum atomic E-state index is -0.0909. The Morgan fingerprint density at radius 1 is 1.23 bits per heavy atom. The van der Waals surface area contributed by atoms with Crippen molar-refractivity contribution in [2.45, 2.75) is 50.7 Å². The van der Waals surface area contributed by atoms with E-state index in [0.29, 0.717) is 34.4 Å². The van der Waals surface area contributed by atoms with Crippen LogP contribution in [0.15, 0.2) is 34.9 Å². The van der Waals surface area contributed by atoms with Crippen molar-refractivity contribution in [3.63, 3.8) is 0 Å². The predicted octanol–water partition coefficient (Wildman–Crippen LogP) is 3.56. The molecule has 1 amide bonds. The summed E-state index contributed by atoms with van der Waals surface area (Å²) in [6.45, 7) is 1.86. The number of nitrogens with one attached hydrogen (secondary N) is 1. The zero-order chi connectivity index (χ0) is 20.8. The van der Waals surface area contributed by atoms with Gasteiger partial charge in [-0.25, -0.2) is 4.98 Å². The number of aryl methyl sites for hydroxylation is 1. The van der Waals surface area contributed by atoms with Crippen molar-refractivity contribution in [2.24, 2.45) is 0 Å². The molecule has 0 radical (unpaired) electrons. The second-order valence-electron chi connectivity index (χ2n) is 8.45. The Balaban J connectivity index is 1.50. The first kappa shape index (κ1) is 19.1. The van der Waals surface area contributed by atoms with Gasteiger partial charge in [-0.3, -0.25) is 4.79 Å². The van der Waals surface area contributed by atoms with Crippen molar-refractivity contribution in [3.8, 4) is 17.0 Å². The van der Waals surface area contributed by atoms with Crippen LogP contribution in [0.5, 0.6) is 5.75 Å². The van der Waals surface area contributed by atoms with Crippen LogP contribution in [0.3, 0.4) is 0 Å². The number of amides is 1. The van der Waals surface area contributed by atoms with Gasteiger partial charge in [0.25, 0.3) is 11.6 Å². The minimum Gasteiger partial charge on any atom is -0.497 e. The molecule has 156 valence electrons. The number of carbonyl (C=O) groups is 1. The number of pyridine rings is 1. The van der Waals surface area contributed by atoms with E-state index in [9.17, 15) is 4.79 Å². The molecule has 1 N–H and O–H groups in total. The van der Waals surface area contributed by atoms with Crippen molar-refractivity contribution < 1.29 is 14.1 Å². The van der Waals surface area contributed by atoms with E-state index < -0.39 is 0 Å². The number of piperidine rings is 1. The van der Waals surface area contributed by atoms with Gasteiger partial charge in [-0.1, -0.05) is 17.3 Å². The summed E-state index contributed by atoms with van der Waals surface area (Å²) in [5.41, 5.74) is 3.09. The Bertz CT molecular complexity index is 1100. The smallest absolute Gasteiger partial charge is 0.259 e.